The quantitative estimate of drug-likeness (QED) is 0.107. The molecule has 2 aromatic carbocycles. The van der Waals surface area contributed by atoms with Crippen LogP contribution in [0.4, 0.5) is 0 Å². The molecule has 2 atom stereocenters. The molecule has 2 aliphatic heterocycles. The number of amides is 1. The van der Waals surface area contributed by atoms with Crippen molar-refractivity contribution in [2.45, 2.75) is 28.3 Å². The molecule has 12 heteroatoms. The Labute approximate surface area is 258 Å². The Bertz CT molecular complexity index is 1670. The minimum Gasteiger partial charge on any atom is -0.448 e. The summed E-state index contributed by atoms with van der Waals surface area (Å²) in [4.78, 5) is 42.6. The summed E-state index contributed by atoms with van der Waals surface area (Å²) < 4.78 is 19.0. The van der Waals surface area contributed by atoms with Gasteiger partial charge in [-0.3, -0.25) is 14.5 Å². The van der Waals surface area contributed by atoms with E-state index in [0.29, 0.717) is 25.1 Å². The predicted octanol–water partition coefficient (Wildman–Crippen LogP) is 5.32. The van der Waals surface area contributed by atoms with Crippen molar-refractivity contribution in [2.75, 3.05) is 19.7 Å². The number of hydrogen-bond acceptors (Lipinski definition) is 11. The van der Waals surface area contributed by atoms with Gasteiger partial charge in [-0.2, -0.15) is 0 Å². The van der Waals surface area contributed by atoms with Crippen LogP contribution in [0.15, 0.2) is 91.7 Å². The number of β-lactam (4-membered cyclic amide) rings is 1. The van der Waals surface area contributed by atoms with Crippen LogP contribution in [0.1, 0.15) is 22.8 Å². The fourth-order valence-corrected chi connectivity index (χ4v) is 9.79. The number of thioether (sulfide) groups is 2. The van der Waals surface area contributed by atoms with E-state index in [1.807, 2.05) is 72.1 Å². The summed E-state index contributed by atoms with van der Waals surface area (Å²) in [5.74, 6) is -0.528. The van der Waals surface area contributed by atoms with Crippen LogP contribution < -0.4 is 11.2 Å². The number of hydrogen-bond donors (Lipinski definition) is 1. The van der Waals surface area contributed by atoms with Gasteiger partial charge in [-0.1, -0.05) is 72.4 Å². The molecular formula is C30H26N2O6S4. The third kappa shape index (κ3) is 5.55. The predicted molar refractivity (Wildman–Crippen MR) is 167 cm³/mol. The smallest absolute Gasteiger partial charge is 0.356 e. The van der Waals surface area contributed by atoms with Crippen molar-refractivity contribution in [2.24, 2.45) is 5.73 Å². The van der Waals surface area contributed by atoms with Gasteiger partial charge < -0.3 is 19.9 Å². The third-order valence-corrected chi connectivity index (χ3v) is 11.9. The number of rotatable bonds is 10. The number of carbonyl (C=O) groups excluding carboxylic acids is 2. The fourth-order valence-electron chi connectivity index (χ4n) is 4.78. The van der Waals surface area contributed by atoms with E-state index in [2.05, 4.69) is 0 Å². The second-order valence-corrected chi connectivity index (χ2v) is 13.9. The third-order valence-electron chi connectivity index (χ3n) is 6.82. The lowest BCUT2D eigenvalue weighted by atomic mass is 10.0. The normalized spacial score (nSPS) is 18.4. The molecule has 1 amide bonds. The van der Waals surface area contributed by atoms with Gasteiger partial charge in [0.2, 0.25) is 11.3 Å². The minimum absolute atomic E-state index is 0.0367. The monoisotopic (exact) mass is 638 g/mol. The highest BCUT2D eigenvalue weighted by molar-refractivity contribution is 8.07. The number of fused-ring (bicyclic) bond motifs is 2. The lowest BCUT2D eigenvalue weighted by Gasteiger charge is -2.48. The van der Waals surface area contributed by atoms with Gasteiger partial charge >= 0.3 is 5.97 Å². The standard InChI is InChI=1S/C30H26N2O6S4/c1-36-16-37-14-19-24(33)26-20(12-13-39-26)41-30(19)42-21-15-40-28-22(31)27(34)32(28)23(21)29(35)38-25(17-8-4-2-5-9-17)18-10-6-3-7-11-18/h2-13,22,25,28H,14-16,31H2,1H3/t22-,28-/m1/s1. The summed E-state index contributed by atoms with van der Waals surface area (Å²) in [5, 5.41) is 1.52. The molecule has 1 fully saturated rings. The van der Waals surface area contributed by atoms with Gasteiger partial charge in [0.15, 0.2) is 6.10 Å². The molecule has 0 spiro atoms. The zero-order valence-electron chi connectivity index (χ0n) is 22.4. The van der Waals surface area contributed by atoms with Crippen LogP contribution in [-0.2, 0) is 30.4 Å². The van der Waals surface area contributed by atoms with E-state index >= 15 is 0 Å². The van der Waals surface area contributed by atoms with E-state index in [4.69, 9.17) is 19.9 Å². The summed E-state index contributed by atoms with van der Waals surface area (Å²) in [6, 6.07) is 20.2. The summed E-state index contributed by atoms with van der Waals surface area (Å²) in [7, 11) is 1.52. The summed E-state index contributed by atoms with van der Waals surface area (Å²) in [6.45, 7) is 0.0921. The van der Waals surface area contributed by atoms with E-state index in [1.165, 1.54) is 58.2 Å². The van der Waals surface area contributed by atoms with Crippen LogP contribution in [-0.4, -0.2) is 47.8 Å². The van der Waals surface area contributed by atoms with Crippen LogP contribution in [0.2, 0.25) is 0 Å². The molecule has 42 heavy (non-hydrogen) atoms. The van der Waals surface area contributed by atoms with Crippen molar-refractivity contribution < 1.29 is 23.8 Å². The average molecular weight is 639 g/mol. The van der Waals surface area contributed by atoms with E-state index < -0.39 is 18.1 Å². The Morgan fingerprint density at radius 2 is 1.76 bits per heavy atom. The number of methoxy groups -OCH3 is 1. The van der Waals surface area contributed by atoms with Gasteiger partial charge in [-0.05, 0) is 22.6 Å². The molecule has 4 heterocycles. The van der Waals surface area contributed by atoms with Crippen molar-refractivity contribution in [3.8, 4) is 0 Å². The molecule has 2 N–H and O–H groups in total. The van der Waals surface area contributed by atoms with Gasteiger partial charge in [0.25, 0.3) is 0 Å². The zero-order chi connectivity index (χ0) is 29.2. The lowest BCUT2D eigenvalue weighted by molar-refractivity contribution is -0.152. The maximum absolute atomic E-state index is 14.1. The Morgan fingerprint density at radius 1 is 1.07 bits per heavy atom. The molecule has 1 saturated heterocycles. The Hall–Kier alpha value is -2.97. The van der Waals surface area contributed by atoms with Gasteiger partial charge in [0.1, 0.15) is 23.9 Å². The van der Waals surface area contributed by atoms with E-state index in [0.717, 1.165) is 15.8 Å². The highest BCUT2D eigenvalue weighted by Gasteiger charge is 2.52. The van der Waals surface area contributed by atoms with Gasteiger partial charge in [-0.25, -0.2) is 4.79 Å². The second-order valence-electron chi connectivity index (χ2n) is 9.48. The van der Waals surface area contributed by atoms with Crippen molar-refractivity contribution in [1.29, 1.82) is 0 Å². The molecule has 2 aliphatic rings. The van der Waals surface area contributed by atoms with E-state index in [9.17, 15) is 14.4 Å². The van der Waals surface area contributed by atoms with Crippen LogP contribution >= 0.6 is 46.2 Å². The Morgan fingerprint density at radius 3 is 2.43 bits per heavy atom. The number of benzene rings is 2. The van der Waals surface area contributed by atoms with Crippen molar-refractivity contribution in [3.05, 3.63) is 110 Å². The first-order valence-electron chi connectivity index (χ1n) is 13.0. The van der Waals surface area contributed by atoms with Gasteiger partial charge in [0.05, 0.1) is 25.8 Å². The fraction of sp³-hybridized carbons (Fsp3) is 0.233. The molecular weight excluding hydrogens is 613 g/mol. The van der Waals surface area contributed by atoms with Crippen LogP contribution in [0.3, 0.4) is 0 Å². The van der Waals surface area contributed by atoms with Crippen LogP contribution in [0, 0.1) is 0 Å². The molecule has 216 valence electrons. The Kier molecular flexibility index (Phi) is 8.82. The maximum atomic E-state index is 14.1. The second kappa shape index (κ2) is 12.7. The van der Waals surface area contributed by atoms with E-state index in [-0.39, 0.29) is 35.8 Å². The minimum atomic E-state index is -0.695. The molecule has 4 aromatic rings. The maximum Gasteiger partial charge on any atom is 0.356 e. The first-order valence-corrected chi connectivity index (χ1v) is 16.6. The number of nitrogens with two attached hydrogens (primary N) is 1. The van der Waals surface area contributed by atoms with Crippen molar-refractivity contribution in [1.82, 2.24) is 4.90 Å². The van der Waals surface area contributed by atoms with Crippen molar-refractivity contribution >= 4 is 67.5 Å². The largest absolute Gasteiger partial charge is 0.448 e. The average Bonchev–Trinajstić information content (AvgIpc) is 3.50. The molecule has 0 saturated carbocycles. The summed E-state index contributed by atoms with van der Waals surface area (Å²) in [5.41, 5.74) is 8.28. The first-order chi connectivity index (χ1) is 20.5. The summed E-state index contributed by atoms with van der Waals surface area (Å²) >= 11 is 5.64. The first kappa shape index (κ1) is 29.1. The SMILES string of the molecule is COCOCc1c(SC2=C(C(=O)OC(c3ccccc3)c3ccccc3)N3C(=O)[C@@H](N)[C@H]3SC2)sc2ccsc2c1=O. The van der Waals surface area contributed by atoms with Crippen LogP contribution in [0.5, 0.6) is 0 Å². The molecule has 0 aliphatic carbocycles. The van der Waals surface area contributed by atoms with Gasteiger partial charge in [0, 0.05) is 17.8 Å². The molecule has 2 aromatic heterocycles. The molecule has 0 bridgehead atoms. The van der Waals surface area contributed by atoms with E-state index in [1.54, 1.807) is 0 Å². The number of ether oxygens (including phenoxy) is 3. The number of nitrogens with zero attached hydrogens (tertiary/aromatic N) is 1. The Balaban J connectivity index is 1.41. The molecule has 0 radical (unpaired) electrons. The highest BCUT2D eigenvalue weighted by Crippen LogP contribution is 2.47. The van der Waals surface area contributed by atoms with Crippen LogP contribution in [0.25, 0.3) is 9.40 Å². The summed E-state index contributed by atoms with van der Waals surface area (Å²) in [6.07, 6.45) is -0.687. The molecule has 6 rings (SSSR count). The highest BCUT2D eigenvalue weighted by atomic mass is 32.2. The zero-order valence-corrected chi connectivity index (χ0v) is 25.7. The van der Waals surface area contributed by atoms with Crippen molar-refractivity contribution in [3.63, 3.8) is 0 Å². The number of carbonyl (C=O) groups is 2. The number of thiophene rings is 1. The lowest BCUT2D eigenvalue weighted by Crippen LogP contribution is -2.68. The number of esters is 1. The topological polar surface area (TPSA) is 108 Å². The molecule has 0 unspecified atom stereocenters. The molecule has 8 nitrogen and oxygen atoms in total. The van der Waals surface area contributed by atoms with Gasteiger partial charge in [-0.15, -0.1) is 34.4 Å².